The molecule has 1 atom stereocenters. The summed E-state index contributed by atoms with van der Waals surface area (Å²) in [6.45, 7) is 9.03. The van der Waals surface area contributed by atoms with Crippen molar-refractivity contribution in [1.82, 2.24) is 4.90 Å². The summed E-state index contributed by atoms with van der Waals surface area (Å²) in [5.41, 5.74) is 2.17. The average Bonchev–Trinajstić information content (AvgIpc) is 2.40. The Morgan fingerprint density at radius 2 is 1.89 bits per heavy atom. The molecule has 0 radical (unpaired) electrons. The van der Waals surface area contributed by atoms with Crippen LogP contribution in [0.4, 0.5) is 0 Å². The molecule has 1 unspecified atom stereocenters. The van der Waals surface area contributed by atoms with Crippen LogP contribution in [-0.2, 0) is 11.3 Å². The third-order valence-corrected chi connectivity index (χ3v) is 3.45. The van der Waals surface area contributed by atoms with Crippen LogP contribution in [0, 0.1) is 5.92 Å². The Kier molecular flexibility index (Phi) is 6.34. The molecular formula is C17H25NO. The molecule has 2 heteroatoms. The van der Waals surface area contributed by atoms with Gasteiger partial charge in [0.25, 0.3) is 0 Å². The first-order chi connectivity index (χ1) is 9.10. The molecule has 2 nitrogen and oxygen atoms in total. The summed E-state index contributed by atoms with van der Waals surface area (Å²) in [7, 11) is 2.01. The van der Waals surface area contributed by atoms with Crippen molar-refractivity contribution in [1.29, 1.82) is 0 Å². The number of carbonyl (C=O) groups is 1. The number of benzene rings is 1. The van der Waals surface area contributed by atoms with E-state index in [2.05, 4.69) is 30.5 Å². The highest BCUT2D eigenvalue weighted by Gasteiger charge is 2.21. The van der Waals surface area contributed by atoms with Gasteiger partial charge in [-0.2, -0.15) is 0 Å². The summed E-state index contributed by atoms with van der Waals surface area (Å²) < 4.78 is 0. The molecule has 1 aromatic rings. The molecule has 0 aliphatic carbocycles. The normalized spacial score (nSPS) is 11.9. The van der Waals surface area contributed by atoms with Gasteiger partial charge in [-0.25, -0.2) is 0 Å². The lowest BCUT2D eigenvalue weighted by molar-refractivity contribution is -0.122. The number of hydrogen-bond acceptors (Lipinski definition) is 2. The fourth-order valence-corrected chi connectivity index (χ4v) is 2.29. The van der Waals surface area contributed by atoms with Crippen molar-refractivity contribution in [2.75, 3.05) is 7.05 Å². The SMILES string of the molecule is C=C(C(CC)C(=O)CCC)N(C)Cc1ccccc1. The van der Waals surface area contributed by atoms with Crippen molar-refractivity contribution >= 4 is 5.78 Å². The second kappa shape index (κ2) is 7.78. The number of ketones is 1. The number of allylic oxidation sites excluding steroid dienone is 1. The van der Waals surface area contributed by atoms with Crippen molar-refractivity contribution in [3.8, 4) is 0 Å². The van der Waals surface area contributed by atoms with E-state index in [1.165, 1.54) is 5.56 Å². The molecule has 0 aliphatic rings. The smallest absolute Gasteiger partial charge is 0.141 e. The second-order valence-electron chi connectivity index (χ2n) is 5.01. The molecule has 0 N–H and O–H groups in total. The van der Waals surface area contributed by atoms with Crippen LogP contribution in [0.5, 0.6) is 0 Å². The van der Waals surface area contributed by atoms with Gasteiger partial charge in [-0.15, -0.1) is 0 Å². The summed E-state index contributed by atoms with van der Waals surface area (Å²) in [5, 5.41) is 0. The van der Waals surface area contributed by atoms with E-state index in [0.29, 0.717) is 12.2 Å². The summed E-state index contributed by atoms with van der Waals surface area (Å²) in [5.74, 6) is 0.281. The van der Waals surface area contributed by atoms with Gasteiger partial charge in [-0.3, -0.25) is 4.79 Å². The van der Waals surface area contributed by atoms with E-state index in [0.717, 1.165) is 25.1 Å². The summed E-state index contributed by atoms with van der Waals surface area (Å²) in [4.78, 5) is 14.2. The summed E-state index contributed by atoms with van der Waals surface area (Å²) in [6.07, 6.45) is 2.39. The molecule has 0 aromatic heterocycles. The lowest BCUT2D eigenvalue weighted by Gasteiger charge is -2.27. The molecule has 1 aromatic carbocycles. The molecule has 0 spiro atoms. The van der Waals surface area contributed by atoms with Crippen molar-refractivity contribution in [3.05, 3.63) is 48.2 Å². The molecule has 0 heterocycles. The Hall–Kier alpha value is -1.57. The van der Waals surface area contributed by atoms with Gasteiger partial charge in [0.15, 0.2) is 0 Å². The van der Waals surface area contributed by atoms with E-state index in [1.54, 1.807) is 0 Å². The monoisotopic (exact) mass is 259 g/mol. The van der Waals surface area contributed by atoms with Crippen LogP contribution in [0.1, 0.15) is 38.7 Å². The van der Waals surface area contributed by atoms with Crippen LogP contribution in [0.15, 0.2) is 42.6 Å². The van der Waals surface area contributed by atoms with Gasteiger partial charge in [-0.05, 0) is 18.4 Å². The van der Waals surface area contributed by atoms with Crippen LogP contribution in [-0.4, -0.2) is 17.7 Å². The fraction of sp³-hybridized carbons (Fsp3) is 0.471. The predicted molar refractivity (Wildman–Crippen MR) is 80.7 cm³/mol. The fourth-order valence-electron chi connectivity index (χ4n) is 2.29. The Morgan fingerprint density at radius 1 is 1.26 bits per heavy atom. The molecule has 104 valence electrons. The van der Waals surface area contributed by atoms with Crippen molar-refractivity contribution in [2.24, 2.45) is 5.92 Å². The zero-order valence-corrected chi connectivity index (χ0v) is 12.4. The lowest BCUT2D eigenvalue weighted by Crippen LogP contribution is -2.27. The highest BCUT2D eigenvalue weighted by molar-refractivity contribution is 5.83. The molecule has 0 amide bonds. The minimum absolute atomic E-state index is 0.0336. The van der Waals surface area contributed by atoms with Crippen LogP contribution in [0.2, 0.25) is 0 Å². The molecule has 0 saturated carbocycles. The largest absolute Gasteiger partial charge is 0.373 e. The van der Waals surface area contributed by atoms with Gasteiger partial charge < -0.3 is 4.90 Å². The first kappa shape index (κ1) is 15.5. The zero-order chi connectivity index (χ0) is 14.3. The summed E-state index contributed by atoms with van der Waals surface area (Å²) >= 11 is 0. The van der Waals surface area contributed by atoms with E-state index in [-0.39, 0.29) is 5.92 Å². The molecule has 1 rings (SSSR count). The van der Waals surface area contributed by atoms with E-state index < -0.39 is 0 Å². The third-order valence-electron chi connectivity index (χ3n) is 3.45. The Balaban J connectivity index is 2.67. The van der Waals surface area contributed by atoms with Gasteiger partial charge >= 0.3 is 0 Å². The third kappa shape index (κ3) is 4.55. The number of rotatable bonds is 8. The Labute approximate surface area is 117 Å². The minimum Gasteiger partial charge on any atom is -0.373 e. The van der Waals surface area contributed by atoms with E-state index >= 15 is 0 Å². The Morgan fingerprint density at radius 3 is 2.42 bits per heavy atom. The van der Waals surface area contributed by atoms with Crippen molar-refractivity contribution in [3.63, 3.8) is 0 Å². The minimum atomic E-state index is -0.0336. The maximum atomic E-state index is 12.1. The van der Waals surface area contributed by atoms with Gasteiger partial charge in [0.05, 0.1) is 5.92 Å². The molecule has 0 fully saturated rings. The van der Waals surface area contributed by atoms with Crippen LogP contribution < -0.4 is 0 Å². The lowest BCUT2D eigenvalue weighted by atomic mass is 9.94. The Bertz CT molecular complexity index is 411. The van der Waals surface area contributed by atoms with E-state index in [9.17, 15) is 4.79 Å². The molecule has 19 heavy (non-hydrogen) atoms. The zero-order valence-electron chi connectivity index (χ0n) is 12.4. The molecule has 0 aliphatic heterocycles. The van der Waals surface area contributed by atoms with Gasteiger partial charge in [0, 0.05) is 25.7 Å². The molecule has 0 bridgehead atoms. The van der Waals surface area contributed by atoms with Crippen LogP contribution >= 0.6 is 0 Å². The number of Topliss-reactive ketones (excluding diaryl/α,β-unsaturated/α-hetero) is 1. The standard InChI is InChI=1S/C17H25NO/c1-5-10-17(19)16(6-2)14(3)18(4)13-15-11-8-7-9-12-15/h7-9,11-12,16H,3,5-6,10,13H2,1-2,4H3. The molecule has 0 saturated heterocycles. The topological polar surface area (TPSA) is 20.3 Å². The predicted octanol–water partition coefficient (Wildman–Crippen LogP) is 4.03. The van der Waals surface area contributed by atoms with E-state index in [4.69, 9.17) is 0 Å². The maximum Gasteiger partial charge on any atom is 0.141 e. The number of nitrogens with zero attached hydrogens (tertiary/aromatic N) is 1. The van der Waals surface area contributed by atoms with E-state index in [1.807, 2.05) is 32.2 Å². The first-order valence-electron chi connectivity index (χ1n) is 7.06. The van der Waals surface area contributed by atoms with Crippen molar-refractivity contribution < 1.29 is 4.79 Å². The average molecular weight is 259 g/mol. The highest BCUT2D eigenvalue weighted by Crippen LogP contribution is 2.21. The number of hydrogen-bond donors (Lipinski definition) is 0. The molecular weight excluding hydrogens is 234 g/mol. The highest BCUT2D eigenvalue weighted by atomic mass is 16.1. The van der Waals surface area contributed by atoms with Gasteiger partial charge in [-0.1, -0.05) is 50.8 Å². The second-order valence-corrected chi connectivity index (χ2v) is 5.01. The van der Waals surface area contributed by atoms with Crippen molar-refractivity contribution in [2.45, 2.75) is 39.7 Å². The quantitative estimate of drug-likeness (QED) is 0.702. The maximum absolute atomic E-state index is 12.1. The van der Waals surface area contributed by atoms with Crippen LogP contribution in [0.25, 0.3) is 0 Å². The first-order valence-corrected chi connectivity index (χ1v) is 7.06. The van der Waals surface area contributed by atoms with Gasteiger partial charge in [0.2, 0.25) is 0 Å². The van der Waals surface area contributed by atoms with Gasteiger partial charge in [0.1, 0.15) is 5.78 Å². The van der Waals surface area contributed by atoms with Crippen LogP contribution in [0.3, 0.4) is 0 Å². The number of carbonyl (C=O) groups excluding carboxylic acids is 1. The summed E-state index contributed by atoms with van der Waals surface area (Å²) in [6, 6.07) is 10.3.